The van der Waals surface area contributed by atoms with Crippen LogP contribution in [0.4, 0.5) is 8.78 Å². The molecule has 13 heteroatoms. The van der Waals surface area contributed by atoms with Crippen molar-refractivity contribution in [3.05, 3.63) is 105 Å². The number of hydrogen-bond donors (Lipinski definition) is 3. The van der Waals surface area contributed by atoms with E-state index in [4.69, 9.17) is 43.0 Å². The number of amidine groups is 3. The van der Waals surface area contributed by atoms with Crippen molar-refractivity contribution in [1.82, 2.24) is 0 Å². The molecule has 0 saturated carbocycles. The van der Waals surface area contributed by atoms with E-state index in [0.717, 1.165) is 33.8 Å². The number of benzene rings is 3. The minimum absolute atomic E-state index is 0.00108. The van der Waals surface area contributed by atoms with E-state index in [1.165, 1.54) is 0 Å². The maximum Gasteiger partial charge on any atom is 0.283 e. The Bertz CT molecular complexity index is 1420. The van der Waals surface area contributed by atoms with Crippen LogP contribution in [0, 0.1) is 11.6 Å². The molecule has 0 radical (unpaired) electrons. The van der Waals surface area contributed by atoms with E-state index >= 15 is 0 Å². The molecule has 0 spiro atoms. The van der Waals surface area contributed by atoms with Crippen molar-refractivity contribution in [1.29, 1.82) is 0 Å². The lowest BCUT2D eigenvalue weighted by molar-refractivity contribution is 0.262. The van der Waals surface area contributed by atoms with Crippen LogP contribution in [0.15, 0.2) is 86.2 Å². The van der Waals surface area contributed by atoms with Crippen LogP contribution in [0.5, 0.6) is 0 Å². The van der Waals surface area contributed by atoms with E-state index in [0.29, 0.717) is 18.2 Å². The minimum atomic E-state index is -0.934. The normalized spacial score (nSPS) is 22.4. The lowest BCUT2D eigenvalue weighted by Gasteiger charge is -2.19. The van der Waals surface area contributed by atoms with Crippen molar-refractivity contribution in [2.24, 2.45) is 32.2 Å². The molecule has 6 rings (SSSR count). The highest BCUT2D eigenvalue weighted by atomic mass is 79.9. The van der Waals surface area contributed by atoms with Gasteiger partial charge in [0, 0.05) is 15.1 Å². The fourth-order valence-electron chi connectivity index (χ4n) is 4.12. The Kier molecular flexibility index (Phi) is 9.66. The summed E-state index contributed by atoms with van der Waals surface area (Å²) in [5.41, 5.74) is 17.5. The minimum Gasteiger partial charge on any atom is -0.463 e. The quantitative estimate of drug-likeness (QED) is 0.361. The van der Waals surface area contributed by atoms with Crippen LogP contribution < -0.4 is 17.2 Å². The number of halogens is 4. The van der Waals surface area contributed by atoms with Crippen molar-refractivity contribution >= 4 is 45.6 Å². The molecule has 6 N–H and O–H groups in total. The summed E-state index contributed by atoms with van der Waals surface area (Å²) in [5, 5.41) is 0.707. The van der Waals surface area contributed by atoms with Gasteiger partial charge in [-0.25, -0.2) is 23.8 Å². The Morgan fingerprint density at radius 1 is 0.829 bits per heavy atom. The molecule has 2 unspecified atom stereocenters. The number of aliphatic imine (C=N–C) groups is 3. The van der Waals surface area contributed by atoms with E-state index in [1.54, 1.807) is 6.92 Å². The Labute approximate surface area is 249 Å². The van der Waals surface area contributed by atoms with Gasteiger partial charge in [0.05, 0.1) is 0 Å². The maximum atomic E-state index is 13.5. The van der Waals surface area contributed by atoms with Crippen molar-refractivity contribution in [3.63, 3.8) is 0 Å². The van der Waals surface area contributed by atoms with E-state index in [9.17, 15) is 8.78 Å². The highest BCUT2D eigenvalue weighted by molar-refractivity contribution is 9.10. The zero-order valence-electron chi connectivity index (χ0n) is 21.9. The first kappa shape index (κ1) is 30.1. The summed E-state index contributed by atoms with van der Waals surface area (Å²) in [6, 6.07) is 19.4. The standard InChI is InChI=1S/C10H10F2N2O.C9H9BrN2O.C9H9ClN2O/c1-10(5-15-9(13)14-10)7-4-6(11)2-3-8(7)12;2*10-7-3-1-2-6(4-7)8-5-13-9(11)12-8/h2-4H,5H2,1H3,(H2,13,14);2*1-4,8H,5H2,(H2,11,12)/t10-;;/m1../s1. The number of rotatable bonds is 3. The first-order valence-corrected chi connectivity index (χ1v) is 13.6. The summed E-state index contributed by atoms with van der Waals surface area (Å²) >= 11 is 9.24. The molecular weight excluding hydrogens is 622 g/mol. The fraction of sp³-hybridized carbons (Fsp3) is 0.250. The van der Waals surface area contributed by atoms with Crippen molar-refractivity contribution in [2.75, 3.05) is 19.8 Å². The number of nitrogens with zero attached hydrogens (tertiary/aromatic N) is 3. The smallest absolute Gasteiger partial charge is 0.283 e. The molecular formula is C28H28BrClF2N6O3. The number of nitrogens with two attached hydrogens (primary N) is 3. The Morgan fingerprint density at radius 2 is 1.44 bits per heavy atom. The van der Waals surface area contributed by atoms with Crippen LogP contribution in [-0.4, -0.2) is 37.9 Å². The van der Waals surface area contributed by atoms with Crippen LogP contribution in [0.2, 0.25) is 5.02 Å². The molecule has 3 aliphatic heterocycles. The van der Waals surface area contributed by atoms with Gasteiger partial charge in [0.1, 0.15) is 49.1 Å². The lowest BCUT2D eigenvalue weighted by atomic mass is 9.93. The van der Waals surface area contributed by atoms with Gasteiger partial charge >= 0.3 is 0 Å². The molecule has 0 saturated heterocycles. The molecule has 0 aliphatic carbocycles. The van der Waals surface area contributed by atoms with Crippen LogP contribution in [-0.2, 0) is 19.7 Å². The second-order valence-corrected chi connectivity index (χ2v) is 10.7. The molecule has 0 bridgehead atoms. The first-order chi connectivity index (χ1) is 19.5. The SMILES string of the molecule is C[C@]1(c2cc(F)ccc2F)COC(N)=N1.NC1=NC(c2cccc(Br)c2)CO1.NC1=NC(c2cccc(Cl)c2)CO1. The highest BCUT2D eigenvalue weighted by Crippen LogP contribution is 2.32. The van der Waals surface area contributed by atoms with E-state index < -0.39 is 17.2 Å². The molecule has 3 atom stereocenters. The fourth-order valence-corrected chi connectivity index (χ4v) is 4.74. The van der Waals surface area contributed by atoms with Crippen molar-refractivity contribution in [2.45, 2.75) is 24.5 Å². The summed E-state index contributed by atoms with van der Waals surface area (Å²) in [7, 11) is 0. The van der Waals surface area contributed by atoms with Gasteiger partial charge in [-0.15, -0.1) is 0 Å². The van der Waals surface area contributed by atoms with Crippen LogP contribution in [0.3, 0.4) is 0 Å². The predicted molar refractivity (Wildman–Crippen MR) is 158 cm³/mol. The molecule has 0 fully saturated rings. The van der Waals surface area contributed by atoms with Gasteiger partial charge in [-0.1, -0.05) is 51.8 Å². The Hall–Kier alpha value is -3.90. The molecule has 3 heterocycles. The Balaban J connectivity index is 0.000000142. The molecule has 216 valence electrons. The second-order valence-electron chi connectivity index (χ2n) is 9.34. The summed E-state index contributed by atoms with van der Waals surface area (Å²) in [6.07, 6.45) is 0. The Morgan fingerprint density at radius 3 is 1.95 bits per heavy atom. The number of ether oxygens (including phenoxy) is 3. The molecule has 41 heavy (non-hydrogen) atoms. The third-order valence-electron chi connectivity index (χ3n) is 6.18. The molecule has 3 aromatic rings. The molecule has 0 aromatic heterocycles. The second kappa shape index (κ2) is 13.2. The maximum absolute atomic E-state index is 13.5. The van der Waals surface area contributed by atoms with E-state index in [2.05, 4.69) is 30.9 Å². The summed E-state index contributed by atoms with van der Waals surface area (Å²) in [5.74, 6) is -1.02. The third kappa shape index (κ3) is 8.08. The molecule has 3 aromatic carbocycles. The van der Waals surface area contributed by atoms with Crippen molar-refractivity contribution in [3.8, 4) is 0 Å². The number of hydrogen-bond acceptors (Lipinski definition) is 9. The van der Waals surface area contributed by atoms with Gasteiger partial charge in [-0.2, -0.15) is 0 Å². The van der Waals surface area contributed by atoms with Gasteiger partial charge in [0.2, 0.25) is 0 Å². The summed E-state index contributed by atoms with van der Waals surface area (Å²) in [6.45, 7) is 2.82. The average Bonchev–Trinajstić information content (AvgIpc) is 3.66. The zero-order valence-corrected chi connectivity index (χ0v) is 24.3. The lowest BCUT2D eigenvalue weighted by Crippen LogP contribution is -2.22. The third-order valence-corrected chi connectivity index (χ3v) is 6.91. The first-order valence-electron chi connectivity index (χ1n) is 12.4. The summed E-state index contributed by atoms with van der Waals surface area (Å²) < 4.78 is 42.6. The van der Waals surface area contributed by atoms with Gasteiger partial charge < -0.3 is 31.4 Å². The van der Waals surface area contributed by atoms with Crippen LogP contribution >= 0.6 is 27.5 Å². The largest absolute Gasteiger partial charge is 0.463 e. The van der Waals surface area contributed by atoms with Gasteiger partial charge in [-0.05, 0) is 60.5 Å². The van der Waals surface area contributed by atoms with E-state index in [-0.39, 0.29) is 42.3 Å². The van der Waals surface area contributed by atoms with Gasteiger partial charge in [0.15, 0.2) is 0 Å². The molecule has 0 amide bonds. The van der Waals surface area contributed by atoms with Gasteiger partial charge in [-0.3, -0.25) is 0 Å². The van der Waals surface area contributed by atoms with Crippen LogP contribution in [0.25, 0.3) is 0 Å². The monoisotopic (exact) mass is 648 g/mol. The molecule has 9 nitrogen and oxygen atoms in total. The topological polar surface area (TPSA) is 143 Å². The van der Waals surface area contributed by atoms with E-state index in [1.807, 2.05) is 48.5 Å². The average molecular weight is 650 g/mol. The zero-order chi connectivity index (χ0) is 29.6. The van der Waals surface area contributed by atoms with Crippen LogP contribution in [0.1, 0.15) is 35.7 Å². The summed E-state index contributed by atoms with van der Waals surface area (Å²) in [4.78, 5) is 12.2. The highest BCUT2D eigenvalue weighted by Gasteiger charge is 2.35. The molecule has 3 aliphatic rings. The van der Waals surface area contributed by atoms with Gasteiger partial charge in [0.25, 0.3) is 18.1 Å². The van der Waals surface area contributed by atoms with Crippen molar-refractivity contribution < 1.29 is 23.0 Å². The predicted octanol–water partition coefficient (Wildman–Crippen LogP) is 5.09.